The van der Waals surface area contributed by atoms with Crippen LogP contribution in [-0.4, -0.2) is 30.3 Å². The lowest BCUT2D eigenvalue weighted by atomic mass is 10.1. The van der Waals surface area contributed by atoms with E-state index in [-0.39, 0.29) is 0 Å². The molecule has 0 saturated heterocycles. The Labute approximate surface area is 202 Å². The second-order valence-corrected chi connectivity index (χ2v) is 9.41. The maximum atomic E-state index is 5.49. The Morgan fingerprint density at radius 1 is 1.00 bits per heavy atom. The number of methoxy groups -OCH3 is 1. The predicted octanol–water partition coefficient (Wildman–Crippen LogP) is 6.66. The molecule has 2 N–H and O–H groups in total. The highest BCUT2D eigenvalue weighted by Crippen LogP contribution is 2.29. The molecule has 0 saturated carbocycles. The van der Waals surface area contributed by atoms with Gasteiger partial charge in [-0.25, -0.2) is 4.98 Å². The van der Waals surface area contributed by atoms with E-state index >= 15 is 0 Å². The van der Waals surface area contributed by atoms with Crippen molar-refractivity contribution in [2.45, 2.75) is 31.1 Å². The van der Waals surface area contributed by atoms with Crippen LogP contribution < -0.4 is 14.8 Å². The minimum absolute atomic E-state index is 0.751. The fourth-order valence-corrected chi connectivity index (χ4v) is 4.93. The van der Waals surface area contributed by atoms with E-state index in [1.54, 1.807) is 30.4 Å². The van der Waals surface area contributed by atoms with Crippen molar-refractivity contribution in [3.05, 3.63) is 65.5 Å². The molecule has 0 bridgehead atoms. The van der Waals surface area contributed by atoms with Crippen molar-refractivity contribution in [1.82, 2.24) is 14.9 Å². The number of aromatic nitrogens is 2. The molecule has 0 aliphatic carbocycles. The first-order chi connectivity index (χ1) is 16.2. The Bertz CT molecular complexity index is 1140. The first-order valence-corrected chi connectivity index (χ1v) is 12.7. The zero-order valence-electron chi connectivity index (χ0n) is 18.8. The standard InChI is InChI=1S/C25H28N4O2S2/c1-18-11-12-22(30-2)24(15-18)33-27-14-8-4-7-13-26-25-28-21(17-32-25)20-16-23(31-29-20)19-9-5-3-6-10-19/h3,5-6,9-12,15-17,27H,4,7-8,13-14H2,1-2H3,(H,26,28). The van der Waals surface area contributed by atoms with Crippen molar-refractivity contribution in [1.29, 1.82) is 0 Å². The molecule has 2 heterocycles. The molecule has 2 aromatic carbocycles. The maximum Gasteiger partial charge on any atom is 0.183 e. The van der Waals surface area contributed by atoms with Crippen LogP contribution in [0, 0.1) is 6.92 Å². The van der Waals surface area contributed by atoms with Gasteiger partial charge in [0.1, 0.15) is 17.1 Å². The van der Waals surface area contributed by atoms with E-state index in [1.807, 2.05) is 47.8 Å². The summed E-state index contributed by atoms with van der Waals surface area (Å²) in [7, 11) is 1.71. The number of aryl methyl sites for hydroxylation is 1. The summed E-state index contributed by atoms with van der Waals surface area (Å²) in [5.41, 5.74) is 3.83. The third-order valence-electron chi connectivity index (χ3n) is 5.07. The maximum absolute atomic E-state index is 5.49. The topological polar surface area (TPSA) is 72.2 Å². The second-order valence-electron chi connectivity index (χ2n) is 7.62. The smallest absolute Gasteiger partial charge is 0.183 e. The van der Waals surface area contributed by atoms with Crippen LogP contribution in [0.3, 0.4) is 0 Å². The van der Waals surface area contributed by atoms with Crippen molar-refractivity contribution >= 4 is 28.4 Å². The molecular formula is C25H28N4O2S2. The quantitative estimate of drug-likeness (QED) is 0.173. The molecule has 33 heavy (non-hydrogen) atoms. The number of thiazole rings is 1. The number of nitrogens with one attached hydrogen (secondary N) is 2. The Hall–Kier alpha value is -2.81. The molecule has 0 fully saturated rings. The number of rotatable bonds is 12. The molecule has 0 atom stereocenters. The normalized spacial score (nSPS) is 11.0. The highest BCUT2D eigenvalue weighted by Gasteiger charge is 2.11. The summed E-state index contributed by atoms with van der Waals surface area (Å²) in [6.45, 7) is 3.95. The molecule has 0 radical (unpaired) electrons. The monoisotopic (exact) mass is 480 g/mol. The molecule has 0 spiro atoms. The molecule has 0 aliphatic heterocycles. The van der Waals surface area contributed by atoms with Gasteiger partial charge in [-0.05, 0) is 49.4 Å². The predicted molar refractivity (Wildman–Crippen MR) is 137 cm³/mol. The van der Waals surface area contributed by atoms with Gasteiger partial charge in [0.05, 0.1) is 12.0 Å². The fraction of sp³-hybridized carbons (Fsp3) is 0.280. The molecular weight excluding hydrogens is 452 g/mol. The van der Waals surface area contributed by atoms with E-state index in [4.69, 9.17) is 9.26 Å². The Kier molecular flexibility index (Phi) is 8.41. The van der Waals surface area contributed by atoms with E-state index in [0.717, 1.165) is 70.8 Å². The summed E-state index contributed by atoms with van der Waals surface area (Å²) in [4.78, 5) is 5.78. The van der Waals surface area contributed by atoms with Gasteiger partial charge in [-0.15, -0.1) is 11.3 Å². The van der Waals surface area contributed by atoms with Crippen LogP contribution in [0.4, 0.5) is 5.13 Å². The average Bonchev–Trinajstić information content (AvgIpc) is 3.51. The Morgan fingerprint density at radius 3 is 2.70 bits per heavy atom. The first kappa shape index (κ1) is 23.4. The van der Waals surface area contributed by atoms with E-state index in [9.17, 15) is 0 Å². The van der Waals surface area contributed by atoms with Gasteiger partial charge in [-0.1, -0.05) is 48.0 Å². The van der Waals surface area contributed by atoms with Crippen LogP contribution in [0.25, 0.3) is 22.7 Å². The Morgan fingerprint density at radius 2 is 1.85 bits per heavy atom. The number of benzene rings is 2. The summed E-state index contributed by atoms with van der Waals surface area (Å²) in [5, 5.41) is 10.5. The van der Waals surface area contributed by atoms with Gasteiger partial charge in [0.15, 0.2) is 10.9 Å². The lowest BCUT2D eigenvalue weighted by molar-refractivity contribution is 0.404. The summed E-state index contributed by atoms with van der Waals surface area (Å²) < 4.78 is 14.3. The van der Waals surface area contributed by atoms with Gasteiger partial charge < -0.3 is 14.6 Å². The van der Waals surface area contributed by atoms with Crippen molar-refractivity contribution in [3.63, 3.8) is 0 Å². The van der Waals surface area contributed by atoms with E-state index in [0.29, 0.717) is 0 Å². The minimum Gasteiger partial charge on any atom is -0.496 e. The molecule has 0 amide bonds. The molecule has 4 aromatic rings. The third kappa shape index (κ3) is 6.60. The number of nitrogens with zero attached hydrogens (tertiary/aromatic N) is 2. The van der Waals surface area contributed by atoms with Gasteiger partial charge in [-0.3, -0.25) is 4.72 Å². The van der Waals surface area contributed by atoms with Crippen molar-refractivity contribution in [2.75, 3.05) is 25.5 Å². The zero-order chi connectivity index (χ0) is 22.9. The van der Waals surface area contributed by atoms with Gasteiger partial charge in [0.2, 0.25) is 0 Å². The Balaban J connectivity index is 1.14. The average molecular weight is 481 g/mol. The summed E-state index contributed by atoms with van der Waals surface area (Å²) >= 11 is 3.23. The van der Waals surface area contributed by atoms with Crippen LogP contribution in [-0.2, 0) is 0 Å². The van der Waals surface area contributed by atoms with Gasteiger partial charge >= 0.3 is 0 Å². The van der Waals surface area contributed by atoms with Gasteiger partial charge in [0.25, 0.3) is 0 Å². The lowest BCUT2D eigenvalue weighted by Gasteiger charge is -2.09. The van der Waals surface area contributed by atoms with Crippen LogP contribution in [0.1, 0.15) is 24.8 Å². The molecule has 0 unspecified atom stereocenters. The van der Waals surface area contributed by atoms with Crippen molar-refractivity contribution < 1.29 is 9.26 Å². The highest BCUT2D eigenvalue weighted by atomic mass is 32.2. The van der Waals surface area contributed by atoms with Crippen LogP contribution in [0.5, 0.6) is 5.75 Å². The van der Waals surface area contributed by atoms with E-state index < -0.39 is 0 Å². The number of hydrogen-bond acceptors (Lipinski definition) is 8. The largest absolute Gasteiger partial charge is 0.496 e. The third-order valence-corrected chi connectivity index (χ3v) is 6.76. The highest BCUT2D eigenvalue weighted by molar-refractivity contribution is 7.97. The lowest BCUT2D eigenvalue weighted by Crippen LogP contribution is -2.07. The SMILES string of the molecule is COc1ccc(C)cc1SNCCCCCNc1nc(-c2cc(-c3ccccc3)on2)cs1. The summed E-state index contributed by atoms with van der Waals surface area (Å²) in [6.07, 6.45) is 3.36. The van der Waals surface area contributed by atoms with Crippen LogP contribution in [0.2, 0.25) is 0 Å². The molecule has 6 nitrogen and oxygen atoms in total. The van der Waals surface area contributed by atoms with Crippen molar-refractivity contribution in [2.24, 2.45) is 0 Å². The molecule has 0 aliphatic rings. The molecule has 8 heteroatoms. The summed E-state index contributed by atoms with van der Waals surface area (Å²) in [6, 6.07) is 18.1. The van der Waals surface area contributed by atoms with Gasteiger partial charge in [-0.2, -0.15) is 0 Å². The number of unbranched alkanes of at least 4 members (excludes halogenated alkanes) is 2. The zero-order valence-corrected chi connectivity index (χ0v) is 20.5. The number of anilines is 1. The molecule has 2 aromatic heterocycles. The number of hydrogen-bond donors (Lipinski definition) is 2. The number of ether oxygens (including phenoxy) is 1. The summed E-state index contributed by atoms with van der Waals surface area (Å²) in [5.74, 6) is 1.66. The van der Waals surface area contributed by atoms with Crippen molar-refractivity contribution in [3.8, 4) is 28.5 Å². The van der Waals surface area contributed by atoms with Crippen LogP contribution in [0.15, 0.2) is 69.4 Å². The van der Waals surface area contributed by atoms with Crippen LogP contribution >= 0.6 is 23.3 Å². The first-order valence-electron chi connectivity index (χ1n) is 11.0. The molecule has 172 valence electrons. The second kappa shape index (κ2) is 11.9. The van der Waals surface area contributed by atoms with E-state index in [2.05, 4.69) is 39.2 Å². The minimum atomic E-state index is 0.751. The van der Waals surface area contributed by atoms with Gasteiger partial charge in [0, 0.05) is 30.1 Å². The fourth-order valence-electron chi connectivity index (χ4n) is 3.29. The molecule has 4 rings (SSSR count). The van der Waals surface area contributed by atoms with E-state index in [1.165, 1.54) is 5.56 Å².